The quantitative estimate of drug-likeness (QED) is 0.463. The molecule has 0 saturated carbocycles. The SMILES string of the molecule is CC(C)=CC=CC(=O)C=C(C)C. The number of carbonyl (C=O) groups excluding carboxylic acids is 1. The lowest BCUT2D eigenvalue weighted by molar-refractivity contribution is -0.110. The molecule has 0 spiro atoms. The van der Waals surface area contributed by atoms with Crippen molar-refractivity contribution >= 4 is 5.78 Å². The van der Waals surface area contributed by atoms with Gasteiger partial charge in [-0.1, -0.05) is 23.3 Å². The van der Waals surface area contributed by atoms with E-state index in [0.29, 0.717) is 0 Å². The molecule has 0 bridgehead atoms. The van der Waals surface area contributed by atoms with E-state index in [9.17, 15) is 4.79 Å². The van der Waals surface area contributed by atoms with Crippen LogP contribution < -0.4 is 0 Å². The number of hydrogen-bond acceptors (Lipinski definition) is 1. The Bertz CT molecular complexity index is 234. The van der Waals surface area contributed by atoms with Crippen LogP contribution in [-0.2, 0) is 4.79 Å². The Morgan fingerprint density at radius 3 is 2.00 bits per heavy atom. The zero-order chi connectivity index (χ0) is 9.56. The van der Waals surface area contributed by atoms with Gasteiger partial charge in [-0.15, -0.1) is 0 Å². The normalized spacial score (nSPS) is 9.67. The molecule has 0 aromatic heterocycles. The third-order valence-corrected chi connectivity index (χ3v) is 1.12. The van der Waals surface area contributed by atoms with Crippen LogP contribution in [0, 0.1) is 0 Å². The van der Waals surface area contributed by atoms with E-state index in [0.717, 1.165) is 5.57 Å². The fourth-order valence-corrected chi connectivity index (χ4v) is 0.668. The zero-order valence-electron chi connectivity index (χ0n) is 8.22. The molecule has 0 aliphatic heterocycles. The average Bonchev–Trinajstić information content (AvgIpc) is 1.84. The number of ketones is 1. The summed E-state index contributed by atoms with van der Waals surface area (Å²) in [5.41, 5.74) is 2.22. The maximum Gasteiger partial charge on any atom is 0.178 e. The lowest BCUT2D eigenvalue weighted by atomic mass is 10.2. The van der Waals surface area contributed by atoms with Gasteiger partial charge in [0.05, 0.1) is 0 Å². The van der Waals surface area contributed by atoms with Gasteiger partial charge in [0, 0.05) is 0 Å². The molecule has 0 atom stereocenters. The summed E-state index contributed by atoms with van der Waals surface area (Å²) < 4.78 is 0. The van der Waals surface area contributed by atoms with Crippen molar-refractivity contribution in [1.82, 2.24) is 0 Å². The number of rotatable bonds is 3. The largest absolute Gasteiger partial charge is 0.290 e. The zero-order valence-corrected chi connectivity index (χ0v) is 8.22. The lowest BCUT2D eigenvalue weighted by Crippen LogP contribution is -1.85. The summed E-state index contributed by atoms with van der Waals surface area (Å²) in [5, 5.41) is 0. The highest BCUT2D eigenvalue weighted by molar-refractivity contribution is 5.99. The monoisotopic (exact) mass is 164 g/mol. The minimum absolute atomic E-state index is 0.0486. The smallest absolute Gasteiger partial charge is 0.178 e. The molecule has 0 aromatic carbocycles. The molecule has 0 aromatic rings. The standard InChI is InChI=1S/C11H16O/c1-9(2)6-5-7-11(12)8-10(3)4/h5-8H,1-4H3. The Morgan fingerprint density at radius 1 is 1.00 bits per heavy atom. The fraction of sp³-hybridized carbons (Fsp3) is 0.364. The van der Waals surface area contributed by atoms with Crippen LogP contribution in [0.5, 0.6) is 0 Å². The van der Waals surface area contributed by atoms with Crippen LogP contribution in [0.1, 0.15) is 27.7 Å². The van der Waals surface area contributed by atoms with Crippen LogP contribution in [0.25, 0.3) is 0 Å². The van der Waals surface area contributed by atoms with Gasteiger partial charge < -0.3 is 0 Å². The van der Waals surface area contributed by atoms with Gasteiger partial charge in [-0.05, 0) is 39.8 Å². The highest BCUT2D eigenvalue weighted by Crippen LogP contribution is 1.92. The third kappa shape index (κ3) is 7.00. The van der Waals surface area contributed by atoms with E-state index in [1.54, 1.807) is 18.2 Å². The molecule has 0 amide bonds. The Balaban J connectivity index is 4.11. The summed E-state index contributed by atoms with van der Waals surface area (Å²) in [6.45, 7) is 7.81. The molecule has 0 N–H and O–H groups in total. The fourth-order valence-electron chi connectivity index (χ4n) is 0.668. The second-order valence-corrected chi connectivity index (χ2v) is 3.23. The molecule has 0 heterocycles. The molecule has 66 valence electrons. The first-order chi connectivity index (χ1) is 5.52. The first-order valence-electron chi connectivity index (χ1n) is 4.03. The summed E-state index contributed by atoms with van der Waals surface area (Å²) in [7, 11) is 0. The summed E-state index contributed by atoms with van der Waals surface area (Å²) in [6.07, 6.45) is 6.88. The van der Waals surface area contributed by atoms with Crippen LogP contribution in [0.4, 0.5) is 0 Å². The molecule has 0 rings (SSSR count). The van der Waals surface area contributed by atoms with Gasteiger partial charge in [0.25, 0.3) is 0 Å². The molecule has 0 unspecified atom stereocenters. The molecular weight excluding hydrogens is 148 g/mol. The summed E-state index contributed by atoms with van der Waals surface area (Å²) >= 11 is 0. The average molecular weight is 164 g/mol. The Hall–Kier alpha value is -1.11. The predicted octanol–water partition coefficient (Wildman–Crippen LogP) is 3.04. The molecule has 1 heteroatoms. The van der Waals surface area contributed by atoms with Gasteiger partial charge in [-0.25, -0.2) is 0 Å². The van der Waals surface area contributed by atoms with Crippen LogP contribution >= 0.6 is 0 Å². The summed E-state index contributed by atoms with van der Waals surface area (Å²) in [5.74, 6) is 0.0486. The van der Waals surface area contributed by atoms with Gasteiger partial charge in [-0.2, -0.15) is 0 Å². The van der Waals surface area contributed by atoms with Crippen LogP contribution in [0.3, 0.4) is 0 Å². The van der Waals surface area contributed by atoms with E-state index in [-0.39, 0.29) is 5.78 Å². The highest BCUT2D eigenvalue weighted by Gasteiger charge is 1.87. The third-order valence-electron chi connectivity index (χ3n) is 1.12. The number of carbonyl (C=O) groups is 1. The summed E-state index contributed by atoms with van der Waals surface area (Å²) in [4.78, 5) is 11.0. The van der Waals surface area contributed by atoms with Crippen molar-refractivity contribution in [3.63, 3.8) is 0 Å². The van der Waals surface area contributed by atoms with Crippen LogP contribution in [-0.4, -0.2) is 5.78 Å². The Kier molecular flexibility index (Phi) is 5.02. The van der Waals surface area contributed by atoms with Crippen molar-refractivity contribution in [1.29, 1.82) is 0 Å². The van der Waals surface area contributed by atoms with Gasteiger partial charge >= 0.3 is 0 Å². The molecule has 0 fully saturated rings. The van der Waals surface area contributed by atoms with Crippen molar-refractivity contribution in [3.05, 3.63) is 35.5 Å². The first kappa shape index (κ1) is 10.9. The summed E-state index contributed by atoms with van der Waals surface area (Å²) in [6, 6.07) is 0. The molecule has 1 nitrogen and oxygen atoms in total. The lowest BCUT2D eigenvalue weighted by Gasteiger charge is -1.85. The van der Waals surface area contributed by atoms with E-state index in [2.05, 4.69) is 0 Å². The maximum absolute atomic E-state index is 11.0. The molecule has 0 radical (unpaired) electrons. The van der Waals surface area contributed by atoms with E-state index in [4.69, 9.17) is 0 Å². The van der Waals surface area contributed by atoms with Crippen molar-refractivity contribution in [2.45, 2.75) is 27.7 Å². The van der Waals surface area contributed by atoms with Crippen molar-refractivity contribution in [2.75, 3.05) is 0 Å². The number of allylic oxidation sites excluding steroid dienone is 6. The van der Waals surface area contributed by atoms with E-state index >= 15 is 0 Å². The molecule has 0 aliphatic rings. The topological polar surface area (TPSA) is 17.1 Å². The molecule has 0 aliphatic carbocycles. The van der Waals surface area contributed by atoms with Crippen molar-refractivity contribution in [2.24, 2.45) is 0 Å². The minimum atomic E-state index is 0.0486. The number of hydrogen-bond donors (Lipinski definition) is 0. The Labute approximate surface area is 74.5 Å². The van der Waals surface area contributed by atoms with Crippen molar-refractivity contribution < 1.29 is 4.79 Å². The van der Waals surface area contributed by atoms with Gasteiger partial charge in [0.1, 0.15) is 0 Å². The van der Waals surface area contributed by atoms with Crippen LogP contribution in [0.2, 0.25) is 0 Å². The van der Waals surface area contributed by atoms with Crippen molar-refractivity contribution in [3.8, 4) is 0 Å². The van der Waals surface area contributed by atoms with E-state index in [1.807, 2.05) is 33.8 Å². The van der Waals surface area contributed by atoms with Gasteiger partial charge in [0.2, 0.25) is 0 Å². The van der Waals surface area contributed by atoms with E-state index in [1.165, 1.54) is 5.57 Å². The first-order valence-corrected chi connectivity index (χ1v) is 4.03. The maximum atomic E-state index is 11.0. The van der Waals surface area contributed by atoms with Gasteiger partial charge in [0.15, 0.2) is 5.78 Å². The predicted molar refractivity (Wildman–Crippen MR) is 53.0 cm³/mol. The minimum Gasteiger partial charge on any atom is -0.290 e. The molecule has 0 saturated heterocycles. The Morgan fingerprint density at radius 2 is 1.58 bits per heavy atom. The second kappa shape index (κ2) is 5.53. The second-order valence-electron chi connectivity index (χ2n) is 3.23. The van der Waals surface area contributed by atoms with E-state index < -0.39 is 0 Å². The van der Waals surface area contributed by atoms with Gasteiger partial charge in [-0.3, -0.25) is 4.79 Å². The van der Waals surface area contributed by atoms with Crippen LogP contribution in [0.15, 0.2) is 35.5 Å². The highest BCUT2D eigenvalue weighted by atomic mass is 16.1. The molecule has 12 heavy (non-hydrogen) atoms. The molecular formula is C11H16O.